The Labute approximate surface area is 93.3 Å². The molecule has 16 heavy (non-hydrogen) atoms. The van der Waals surface area contributed by atoms with E-state index in [0.717, 1.165) is 16.6 Å². The molecule has 0 amide bonds. The molecule has 0 aliphatic rings. The quantitative estimate of drug-likeness (QED) is 0.811. The van der Waals surface area contributed by atoms with Crippen LogP contribution >= 0.6 is 0 Å². The molecule has 2 aromatic rings. The minimum atomic E-state index is -0.967. The van der Waals surface area contributed by atoms with Crippen molar-refractivity contribution in [3.8, 4) is 0 Å². The van der Waals surface area contributed by atoms with Gasteiger partial charge in [0.25, 0.3) is 0 Å². The van der Waals surface area contributed by atoms with Gasteiger partial charge >= 0.3 is 5.97 Å². The van der Waals surface area contributed by atoms with Crippen molar-refractivity contribution in [2.45, 2.75) is 12.5 Å². The van der Waals surface area contributed by atoms with Crippen molar-refractivity contribution >= 4 is 16.9 Å². The fraction of sp³-hybridized carbons (Fsp3) is 0.250. The summed E-state index contributed by atoms with van der Waals surface area (Å²) in [6.45, 7) is 0. The van der Waals surface area contributed by atoms with Crippen LogP contribution in [0.2, 0.25) is 0 Å². The van der Waals surface area contributed by atoms with Gasteiger partial charge in [-0.3, -0.25) is 4.79 Å². The van der Waals surface area contributed by atoms with Crippen LogP contribution in [0.15, 0.2) is 30.3 Å². The third kappa shape index (κ3) is 1.79. The third-order valence-corrected chi connectivity index (χ3v) is 2.80. The molecule has 3 N–H and O–H groups in total. The molecule has 1 atom stereocenters. The van der Waals surface area contributed by atoms with E-state index in [9.17, 15) is 4.79 Å². The summed E-state index contributed by atoms with van der Waals surface area (Å²) in [5, 5.41) is 9.88. The van der Waals surface area contributed by atoms with Crippen molar-refractivity contribution in [1.29, 1.82) is 0 Å². The lowest BCUT2D eigenvalue weighted by Crippen LogP contribution is -2.32. The zero-order valence-corrected chi connectivity index (χ0v) is 9.05. The number of hydrogen-bond donors (Lipinski definition) is 2. The number of aliphatic carboxylic acids is 1. The van der Waals surface area contributed by atoms with Crippen LogP contribution < -0.4 is 5.73 Å². The summed E-state index contributed by atoms with van der Waals surface area (Å²) in [6.07, 6.45) is 0.348. The van der Waals surface area contributed by atoms with Crippen LogP contribution in [0.25, 0.3) is 10.9 Å². The standard InChI is InChI=1S/C12H14N2O2/c1-14-9(7-10(13)12(15)16)6-8-4-2-3-5-11(8)14/h2-6,10H,7,13H2,1H3,(H,15,16)/t10-/m0/s1. The van der Waals surface area contributed by atoms with E-state index in [1.54, 1.807) is 0 Å². The van der Waals surface area contributed by atoms with E-state index in [1.165, 1.54) is 0 Å². The van der Waals surface area contributed by atoms with Crippen LogP contribution in [-0.2, 0) is 18.3 Å². The number of carboxylic acid groups (broad SMARTS) is 1. The summed E-state index contributed by atoms with van der Waals surface area (Å²) < 4.78 is 1.98. The molecular formula is C12H14N2O2. The largest absolute Gasteiger partial charge is 0.480 e. The van der Waals surface area contributed by atoms with E-state index < -0.39 is 12.0 Å². The maximum atomic E-state index is 10.7. The van der Waals surface area contributed by atoms with Gasteiger partial charge in [-0.1, -0.05) is 18.2 Å². The number of rotatable bonds is 3. The smallest absolute Gasteiger partial charge is 0.320 e. The molecule has 4 nitrogen and oxygen atoms in total. The molecule has 1 aromatic carbocycles. The molecule has 0 saturated carbocycles. The number of fused-ring (bicyclic) bond motifs is 1. The summed E-state index contributed by atoms with van der Waals surface area (Å²) in [5.74, 6) is -0.967. The number of benzene rings is 1. The normalized spacial score (nSPS) is 12.9. The van der Waals surface area contributed by atoms with Gasteiger partial charge in [0.2, 0.25) is 0 Å². The molecule has 0 fully saturated rings. The molecule has 0 spiro atoms. The maximum absolute atomic E-state index is 10.7. The van der Waals surface area contributed by atoms with Crippen LogP contribution in [0.5, 0.6) is 0 Å². The lowest BCUT2D eigenvalue weighted by Gasteiger charge is -2.07. The fourth-order valence-corrected chi connectivity index (χ4v) is 1.85. The van der Waals surface area contributed by atoms with Crippen molar-refractivity contribution < 1.29 is 9.90 Å². The number of aromatic nitrogens is 1. The van der Waals surface area contributed by atoms with Gasteiger partial charge in [0, 0.05) is 24.7 Å². The summed E-state index contributed by atoms with van der Waals surface area (Å²) in [5.41, 5.74) is 7.56. The minimum Gasteiger partial charge on any atom is -0.480 e. The van der Waals surface area contributed by atoms with Gasteiger partial charge in [-0.25, -0.2) is 0 Å². The van der Waals surface area contributed by atoms with E-state index in [1.807, 2.05) is 41.9 Å². The van der Waals surface area contributed by atoms with Crippen molar-refractivity contribution in [2.24, 2.45) is 12.8 Å². The lowest BCUT2D eigenvalue weighted by molar-refractivity contribution is -0.138. The Morgan fingerprint density at radius 1 is 1.50 bits per heavy atom. The Bertz CT molecular complexity index is 531. The molecule has 0 saturated heterocycles. The molecule has 0 aliphatic heterocycles. The molecule has 0 unspecified atom stereocenters. The second kappa shape index (κ2) is 3.98. The SMILES string of the molecule is Cn1c(C[C@H](N)C(=O)O)cc2ccccc21. The number of carbonyl (C=O) groups is 1. The van der Waals surface area contributed by atoms with Gasteiger partial charge in [0.05, 0.1) is 0 Å². The summed E-state index contributed by atoms with van der Waals surface area (Å²) >= 11 is 0. The molecule has 4 heteroatoms. The summed E-state index contributed by atoms with van der Waals surface area (Å²) in [4.78, 5) is 10.7. The fourth-order valence-electron chi connectivity index (χ4n) is 1.85. The van der Waals surface area contributed by atoms with Crippen molar-refractivity contribution in [3.05, 3.63) is 36.0 Å². The lowest BCUT2D eigenvalue weighted by atomic mass is 10.1. The van der Waals surface area contributed by atoms with Crippen LogP contribution in [0.4, 0.5) is 0 Å². The predicted molar refractivity (Wildman–Crippen MR) is 62.2 cm³/mol. The van der Waals surface area contributed by atoms with Gasteiger partial charge in [0.15, 0.2) is 0 Å². The Hall–Kier alpha value is -1.81. The second-order valence-corrected chi connectivity index (χ2v) is 3.90. The Kier molecular flexibility index (Phi) is 2.66. The molecule has 84 valence electrons. The molecule has 0 aliphatic carbocycles. The molecule has 2 rings (SSSR count). The van der Waals surface area contributed by atoms with Crippen LogP contribution in [-0.4, -0.2) is 21.7 Å². The topological polar surface area (TPSA) is 68.2 Å². The number of aryl methyl sites for hydroxylation is 1. The zero-order chi connectivity index (χ0) is 11.7. The number of para-hydroxylation sites is 1. The highest BCUT2D eigenvalue weighted by atomic mass is 16.4. The van der Waals surface area contributed by atoms with Crippen molar-refractivity contribution in [3.63, 3.8) is 0 Å². The Morgan fingerprint density at radius 3 is 2.81 bits per heavy atom. The monoisotopic (exact) mass is 218 g/mol. The van der Waals surface area contributed by atoms with E-state index in [4.69, 9.17) is 10.8 Å². The van der Waals surface area contributed by atoms with Crippen molar-refractivity contribution in [1.82, 2.24) is 4.57 Å². The minimum absolute atomic E-state index is 0.348. The number of carboxylic acids is 1. The maximum Gasteiger partial charge on any atom is 0.320 e. The number of nitrogens with zero attached hydrogens (tertiary/aromatic N) is 1. The van der Waals surface area contributed by atoms with E-state index in [0.29, 0.717) is 6.42 Å². The summed E-state index contributed by atoms with van der Waals surface area (Å²) in [6, 6.07) is 9.07. The van der Waals surface area contributed by atoms with Gasteiger partial charge < -0.3 is 15.4 Å². The van der Waals surface area contributed by atoms with Gasteiger partial charge in [-0.2, -0.15) is 0 Å². The molecule has 0 bridgehead atoms. The third-order valence-electron chi connectivity index (χ3n) is 2.80. The molecular weight excluding hydrogens is 204 g/mol. The predicted octanol–water partition coefficient (Wildman–Crippen LogP) is 1.13. The Balaban J connectivity index is 2.38. The Morgan fingerprint density at radius 2 is 2.19 bits per heavy atom. The van der Waals surface area contributed by atoms with E-state index >= 15 is 0 Å². The van der Waals surface area contributed by atoms with E-state index in [2.05, 4.69) is 0 Å². The first-order valence-corrected chi connectivity index (χ1v) is 5.11. The average Bonchev–Trinajstić information content (AvgIpc) is 2.56. The van der Waals surface area contributed by atoms with E-state index in [-0.39, 0.29) is 0 Å². The first-order chi connectivity index (χ1) is 7.59. The highest BCUT2D eigenvalue weighted by molar-refractivity contribution is 5.81. The number of hydrogen-bond acceptors (Lipinski definition) is 2. The molecule has 1 aromatic heterocycles. The van der Waals surface area contributed by atoms with Gasteiger partial charge in [-0.05, 0) is 17.5 Å². The van der Waals surface area contributed by atoms with Crippen LogP contribution in [0, 0.1) is 0 Å². The number of nitrogens with two attached hydrogens (primary N) is 1. The highest BCUT2D eigenvalue weighted by Crippen LogP contribution is 2.18. The second-order valence-electron chi connectivity index (χ2n) is 3.90. The van der Waals surface area contributed by atoms with Crippen LogP contribution in [0.1, 0.15) is 5.69 Å². The summed E-state index contributed by atoms with van der Waals surface area (Å²) in [7, 11) is 1.92. The van der Waals surface area contributed by atoms with Crippen LogP contribution in [0.3, 0.4) is 0 Å². The molecule has 1 heterocycles. The van der Waals surface area contributed by atoms with Gasteiger partial charge in [-0.15, -0.1) is 0 Å². The van der Waals surface area contributed by atoms with Crippen molar-refractivity contribution in [2.75, 3.05) is 0 Å². The zero-order valence-electron chi connectivity index (χ0n) is 9.05. The first-order valence-electron chi connectivity index (χ1n) is 5.11. The first kappa shape index (κ1) is 10.7. The highest BCUT2D eigenvalue weighted by Gasteiger charge is 2.15. The molecule has 0 radical (unpaired) electrons. The average molecular weight is 218 g/mol. The van der Waals surface area contributed by atoms with Gasteiger partial charge in [0.1, 0.15) is 6.04 Å².